The highest BCUT2D eigenvalue weighted by atomic mass is 16.5. The van der Waals surface area contributed by atoms with Crippen molar-refractivity contribution < 1.29 is 19.0 Å². The minimum absolute atomic E-state index is 0.0420. The maximum atomic E-state index is 11.8. The zero-order valence-corrected chi connectivity index (χ0v) is 11.0. The normalized spacial score (nSPS) is 28.1. The molecule has 1 saturated heterocycles. The van der Waals surface area contributed by atoms with Crippen molar-refractivity contribution in [2.45, 2.75) is 33.0 Å². The van der Waals surface area contributed by atoms with Gasteiger partial charge in [-0.2, -0.15) is 0 Å². The maximum absolute atomic E-state index is 11.8. The molecule has 6 heteroatoms. The number of carbonyl (C=O) groups excluding carboxylic acids is 1. The van der Waals surface area contributed by atoms with E-state index < -0.39 is 0 Å². The molecule has 1 fully saturated rings. The highest BCUT2D eigenvalue weighted by molar-refractivity contribution is 5.90. The molecule has 1 aliphatic rings. The molecule has 100 valence electrons. The summed E-state index contributed by atoms with van der Waals surface area (Å²) in [5.74, 6) is 1.12. The lowest BCUT2D eigenvalue weighted by Gasteiger charge is -2.31. The van der Waals surface area contributed by atoms with E-state index >= 15 is 0 Å². The lowest BCUT2D eigenvalue weighted by Crippen LogP contribution is -3.16. The van der Waals surface area contributed by atoms with Crippen molar-refractivity contribution in [1.82, 2.24) is 5.16 Å². The number of anilines is 1. The van der Waals surface area contributed by atoms with Crippen LogP contribution in [0.25, 0.3) is 0 Å². The Bertz CT molecular complexity index is 408. The summed E-state index contributed by atoms with van der Waals surface area (Å²) in [6, 6.07) is 1.71. The van der Waals surface area contributed by atoms with Crippen molar-refractivity contribution in [2.24, 2.45) is 0 Å². The van der Waals surface area contributed by atoms with Gasteiger partial charge in [-0.25, -0.2) is 0 Å². The molecule has 0 spiro atoms. The van der Waals surface area contributed by atoms with Crippen LogP contribution in [0.5, 0.6) is 0 Å². The summed E-state index contributed by atoms with van der Waals surface area (Å²) >= 11 is 0. The average Bonchev–Trinajstić information content (AvgIpc) is 2.61. The lowest BCUT2D eigenvalue weighted by molar-refractivity contribution is -0.907. The van der Waals surface area contributed by atoms with Crippen LogP contribution in [0.3, 0.4) is 0 Å². The quantitative estimate of drug-likeness (QED) is 0.771. The van der Waals surface area contributed by atoms with Gasteiger partial charge in [-0.05, 0) is 20.8 Å². The number of amides is 1. The third kappa shape index (κ3) is 3.54. The summed E-state index contributed by atoms with van der Waals surface area (Å²) < 4.78 is 10.5. The molecule has 0 aromatic carbocycles. The molecular formula is C12H20N3O3+. The monoisotopic (exact) mass is 254 g/mol. The number of nitrogens with one attached hydrogen (secondary N) is 2. The van der Waals surface area contributed by atoms with Crippen LogP contribution in [0.15, 0.2) is 10.6 Å². The van der Waals surface area contributed by atoms with Gasteiger partial charge in [-0.3, -0.25) is 4.79 Å². The van der Waals surface area contributed by atoms with Gasteiger partial charge in [0.15, 0.2) is 12.4 Å². The second-order valence-corrected chi connectivity index (χ2v) is 4.96. The van der Waals surface area contributed by atoms with Crippen LogP contribution < -0.4 is 10.2 Å². The zero-order chi connectivity index (χ0) is 13.1. The summed E-state index contributed by atoms with van der Waals surface area (Å²) in [4.78, 5) is 13.1. The van der Waals surface area contributed by atoms with E-state index in [-0.39, 0.29) is 18.1 Å². The molecule has 2 heterocycles. The molecule has 2 rings (SSSR count). The third-order valence-electron chi connectivity index (χ3n) is 2.92. The van der Waals surface area contributed by atoms with Crippen molar-refractivity contribution in [1.29, 1.82) is 0 Å². The summed E-state index contributed by atoms with van der Waals surface area (Å²) in [5, 5.41) is 6.47. The van der Waals surface area contributed by atoms with Crippen LogP contribution in [-0.2, 0) is 9.53 Å². The molecule has 6 nitrogen and oxygen atoms in total. The van der Waals surface area contributed by atoms with Gasteiger partial charge < -0.3 is 19.5 Å². The Morgan fingerprint density at radius 1 is 1.50 bits per heavy atom. The Balaban J connectivity index is 1.83. The summed E-state index contributed by atoms with van der Waals surface area (Å²) in [6.45, 7) is 8.01. The van der Waals surface area contributed by atoms with Crippen molar-refractivity contribution in [3.63, 3.8) is 0 Å². The number of hydrogen-bond acceptors (Lipinski definition) is 4. The molecule has 2 N–H and O–H groups in total. The highest BCUT2D eigenvalue weighted by Crippen LogP contribution is 2.06. The molecule has 1 amide bonds. The number of rotatable bonds is 3. The first-order valence-corrected chi connectivity index (χ1v) is 6.25. The standard InChI is InChI=1S/C12H19N3O3/c1-8-4-11(14-18-8)13-12(16)7-15-5-9(2)17-10(3)6-15/h4,9-10H,5-7H2,1-3H3,(H,13,14,16)/p+1/t9-,10-/m0/s1. The fraction of sp³-hybridized carbons (Fsp3) is 0.667. The van der Waals surface area contributed by atoms with Crippen LogP contribution in [0.4, 0.5) is 5.82 Å². The van der Waals surface area contributed by atoms with Gasteiger partial charge in [-0.15, -0.1) is 0 Å². The number of hydrogen-bond donors (Lipinski definition) is 2. The van der Waals surface area contributed by atoms with Gasteiger partial charge in [-0.1, -0.05) is 5.16 Å². The molecular weight excluding hydrogens is 234 g/mol. The molecule has 0 radical (unpaired) electrons. The largest absolute Gasteiger partial charge is 0.364 e. The summed E-state index contributed by atoms with van der Waals surface area (Å²) in [6.07, 6.45) is 0.400. The minimum atomic E-state index is -0.0420. The fourth-order valence-electron chi connectivity index (χ4n) is 2.37. The van der Waals surface area contributed by atoms with E-state index in [9.17, 15) is 4.79 Å². The molecule has 2 atom stereocenters. The summed E-state index contributed by atoms with van der Waals surface area (Å²) in [7, 11) is 0. The third-order valence-corrected chi connectivity index (χ3v) is 2.92. The van der Waals surface area contributed by atoms with Crippen molar-refractivity contribution in [3.8, 4) is 0 Å². The van der Waals surface area contributed by atoms with Gasteiger partial charge in [0.25, 0.3) is 5.91 Å². The first-order chi connectivity index (χ1) is 8.52. The molecule has 0 aliphatic carbocycles. The zero-order valence-electron chi connectivity index (χ0n) is 11.0. The number of nitrogens with zero attached hydrogens (tertiary/aromatic N) is 1. The van der Waals surface area contributed by atoms with Gasteiger partial charge in [0.1, 0.15) is 31.1 Å². The molecule has 0 unspecified atom stereocenters. The number of aromatic nitrogens is 1. The van der Waals surface area contributed by atoms with E-state index in [1.807, 2.05) is 13.8 Å². The van der Waals surface area contributed by atoms with Crippen LogP contribution in [-0.4, -0.2) is 42.9 Å². The fourth-order valence-corrected chi connectivity index (χ4v) is 2.37. The van der Waals surface area contributed by atoms with Crippen LogP contribution >= 0.6 is 0 Å². The van der Waals surface area contributed by atoms with Crippen LogP contribution in [0.2, 0.25) is 0 Å². The van der Waals surface area contributed by atoms with E-state index in [0.29, 0.717) is 18.1 Å². The molecule has 18 heavy (non-hydrogen) atoms. The highest BCUT2D eigenvalue weighted by Gasteiger charge is 2.27. The molecule has 1 aromatic rings. The van der Waals surface area contributed by atoms with E-state index in [1.54, 1.807) is 13.0 Å². The van der Waals surface area contributed by atoms with E-state index in [0.717, 1.165) is 13.1 Å². The SMILES string of the molecule is Cc1cc(NC(=O)C[NH+]2C[C@H](C)O[C@@H](C)C2)no1. The van der Waals surface area contributed by atoms with Gasteiger partial charge >= 0.3 is 0 Å². The Morgan fingerprint density at radius 2 is 2.17 bits per heavy atom. The first kappa shape index (κ1) is 13.0. The summed E-state index contributed by atoms with van der Waals surface area (Å²) in [5.41, 5.74) is 0. The molecule has 1 aromatic heterocycles. The first-order valence-electron chi connectivity index (χ1n) is 6.25. The lowest BCUT2D eigenvalue weighted by atomic mass is 10.2. The Hall–Kier alpha value is -1.40. The Kier molecular flexibility index (Phi) is 3.98. The number of carbonyl (C=O) groups is 1. The van der Waals surface area contributed by atoms with Crippen molar-refractivity contribution in [3.05, 3.63) is 11.8 Å². The number of quaternary nitrogens is 1. The van der Waals surface area contributed by atoms with Crippen LogP contribution in [0, 0.1) is 6.92 Å². The topological polar surface area (TPSA) is 68.8 Å². The van der Waals surface area contributed by atoms with E-state index in [2.05, 4.69) is 10.5 Å². The molecule has 1 aliphatic heterocycles. The Labute approximate surface area is 106 Å². The van der Waals surface area contributed by atoms with Crippen molar-refractivity contribution >= 4 is 11.7 Å². The molecule has 0 saturated carbocycles. The number of morpholine rings is 1. The smallest absolute Gasteiger partial charge is 0.280 e. The Morgan fingerprint density at radius 3 is 2.72 bits per heavy atom. The van der Waals surface area contributed by atoms with E-state index in [1.165, 1.54) is 4.90 Å². The van der Waals surface area contributed by atoms with Gasteiger partial charge in [0.2, 0.25) is 0 Å². The van der Waals surface area contributed by atoms with E-state index in [4.69, 9.17) is 9.26 Å². The second kappa shape index (κ2) is 5.49. The maximum Gasteiger partial charge on any atom is 0.280 e. The minimum Gasteiger partial charge on any atom is -0.364 e. The van der Waals surface area contributed by atoms with Gasteiger partial charge in [0, 0.05) is 6.07 Å². The van der Waals surface area contributed by atoms with Crippen LogP contribution in [0.1, 0.15) is 19.6 Å². The predicted molar refractivity (Wildman–Crippen MR) is 65.4 cm³/mol. The van der Waals surface area contributed by atoms with Gasteiger partial charge in [0.05, 0.1) is 0 Å². The average molecular weight is 254 g/mol. The second-order valence-electron chi connectivity index (χ2n) is 4.96. The predicted octanol–water partition coefficient (Wildman–Crippen LogP) is -0.386. The number of ether oxygens (including phenoxy) is 1. The molecule has 0 bridgehead atoms. The van der Waals surface area contributed by atoms with Crippen molar-refractivity contribution in [2.75, 3.05) is 25.0 Å². The number of aryl methyl sites for hydroxylation is 1.